The Bertz CT molecular complexity index is 722. The maximum Gasteiger partial charge on any atom is 0.239 e. The highest BCUT2D eigenvalue weighted by Gasteiger charge is 2.55. The van der Waals surface area contributed by atoms with Crippen LogP contribution in [0.1, 0.15) is 45.6 Å². The molecule has 0 aromatic heterocycles. The number of hydrogen-bond acceptors (Lipinski definition) is 3. The van der Waals surface area contributed by atoms with E-state index in [9.17, 15) is 9.59 Å². The molecule has 1 aromatic rings. The molecule has 0 radical (unpaired) electrons. The Labute approximate surface area is 149 Å². The van der Waals surface area contributed by atoms with Crippen molar-refractivity contribution in [3.8, 4) is 5.75 Å². The molecule has 2 amide bonds. The predicted molar refractivity (Wildman–Crippen MR) is 96.1 cm³/mol. The van der Waals surface area contributed by atoms with Crippen molar-refractivity contribution in [3.05, 3.63) is 42.5 Å². The minimum Gasteiger partial charge on any atom is -0.468 e. The largest absolute Gasteiger partial charge is 0.468 e. The number of nitrogens with one attached hydrogen (secondary N) is 1. The fraction of sp³-hybridized carbons (Fsp3) is 0.500. The fourth-order valence-electron chi connectivity index (χ4n) is 3.87. The highest BCUT2D eigenvalue weighted by molar-refractivity contribution is 6.02. The quantitative estimate of drug-likeness (QED) is 0.679. The van der Waals surface area contributed by atoms with Gasteiger partial charge in [0.15, 0.2) is 5.72 Å². The second kappa shape index (κ2) is 5.90. The molecule has 0 unspecified atom stereocenters. The lowest BCUT2D eigenvalue weighted by Crippen LogP contribution is -2.65. The van der Waals surface area contributed by atoms with Crippen molar-refractivity contribution in [1.29, 1.82) is 0 Å². The van der Waals surface area contributed by atoms with Gasteiger partial charge < -0.3 is 15.0 Å². The summed E-state index contributed by atoms with van der Waals surface area (Å²) in [4.78, 5) is 27.8. The molecule has 2 aliphatic rings. The molecule has 134 valence electrons. The highest BCUT2D eigenvalue weighted by Crippen LogP contribution is 2.50. The number of amides is 2. The minimum atomic E-state index is -0.761. The standard InChI is InChI=1S/C20H26N2O3/c1-6-11-22-18(24)16(17(23)21-19(2,3)4)14-12-20(22,5)25-15-10-8-7-9-13(14)15/h6-10,14,16H,1,11-12H2,2-5H3,(H,21,23)/t14-,16-,20+/m0/s1. The molecule has 1 N–H and O–H groups in total. The Morgan fingerprint density at radius 2 is 2.12 bits per heavy atom. The summed E-state index contributed by atoms with van der Waals surface area (Å²) in [5, 5.41) is 2.98. The van der Waals surface area contributed by atoms with Crippen molar-refractivity contribution in [1.82, 2.24) is 10.2 Å². The number of rotatable bonds is 3. The second-order valence-electron chi connectivity index (χ2n) is 8.08. The van der Waals surface area contributed by atoms with Crippen LogP contribution in [0, 0.1) is 5.92 Å². The van der Waals surface area contributed by atoms with Crippen LogP contribution in [0.4, 0.5) is 0 Å². The SMILES string of the molecule is C=CCN1C(=O)[C@H](C(=O)NC(C)(C)C)[C@H]2C[C@@]1(C)Oc1ccccc12. The van der Waals surface area contributed by atoms with E-state index in [0.29, 0.717) is 13.0 Å². The molecule has 5 nitrogen and oxygen atoms in total. The summed E-state index contributed by atoms with van der Waals surface area (Å²) in [6, 6.07) is 7.69. The third-order valence-electron chi connectivity index (χ3n) is 4.84. The summed E-state index contributed by atoms with van der Waals surface area (Å²) in [6.45, 7) is 11.8. The smallest absolute Gasteiger partial charge is 0.239 e. The zero-order chi connectivity index (χ0) is 18.4. The van der Waals surface area contributed by atoms with Crippen LogP contribution in [-0.4, -0.2) is 34.5 Å². The molecule has 0 aliphatic carbocycles. The number of carbonyl (C=O) groups excluding carboxylic acids is 2. The average Bonchev–Trinajstić information content (AvgIpc) is 2.49. The molecule has 2 heterocycles. The fourth-order valence-corrected chi connectivity index (χ4v) is 3.87. The Kier molecular flexibility index (Phi) is 4.13. The summed E-state index contributed by atoms with van der Waals surface area (Å²) >= 11 is 0. The van der Waals surface area contributed by atoms with E-state index in [1.807, 2.05) is 52.0 Å². The van der Waals surface area contributed by atoms with E-state index in [0.717, 1.165) is 11.3 Å². The van der Waals surface area contributed by atoms with Gasteiger partial charge in [0.2, 0.25) is 11.8 Å². The molecule has 25 heavy (non-hydrogen) atoms. The molecular weight excluding hydrogens is 316 g/mol. The number of ether oxygens (including phenoxy) is 1. The van der Waals surface area contributed by atoms with E-state index in [2.05, 4.69) is 11.9 Å². The van der Waals surface area contributed by atoms with Crippen LogP contribution in [0.5, 0.6) is 5.75 Å². The molecule has 0 spiro atoms. The molecule has 2 aliphatic heterocycles. The molecule has 3 atom stereocenters. The first-order valence-electron chi connectivity index (χ1n) is 8.68. The number of piperidine rings is 1. The molecule has 1 fully saturated rings. The average molecular weight is 342 g/mol. The van der Waals surface area contributed by atoms with E-state index < -0.39 is 17.2 Å². The van der Waals surface area contributed by atoms with Crippen molar-refractivity contribution < 1.29 is 14.3 Å². The Hall–Kier alpha value is -2.30. The first-order valence-corrected chi connectivity index (χ1v) is 8.68. The lowest BCUT2D eigenvalue weighted by Gasteiger charge is -2.52. The summed E-state index contributed by atoms with van der Waals surface area (Å²) in [7, 11) is 0. The predicted octanol–water partition coefficient (Wildman–Crippen LogP) is 2.83. The van der Waals surface area contributed by atoms with Crippen LogP contribution < -0.4 is 10.1 Å². The van der Waals surface area contributed by atoms with Gasteiger partial charge in [-0.3, -0.25) is 9.59 Å². The number of fused-ring (bicyclic) bond motifs is 4. The summed E-state index contributed by atoms with van der Waals surface area (Å²) in [6.07, 6.45) is 2.26. The number of benzene rings is 1. The first kappa shape index (κ1) is 17.5. The first-order chi connectivity index (χ1) is 11.7. The molecule has 1 saturated heterocycles. The van der Waals surface area contributed by atoms with Crippen molar-refractivity contribution in [2.45, 2.75) is 51.3 Å². The van der Waals surface area contributed by atoms with Crippen molar-refractivity contribution in [2.24, 2.45) is 5.92 Å². The summed E-state index contributed by atoms with van der Waals surface area (Å²) in [5.74, 6) is -0.621. The van der Waals surface area contributed by atoms with Gasteiger partial charge in [-0.2, -0.15) is 0 Å². The molecule has 0 saturated carbocycles. The Balaban J connectivity index is 2.07. The van der Waals surface area contributed by atoms with Crippen molar-refractivity contribution in [3.63, 3.8) is 0 Å². The van der Waals surface area contributed by atoms with Gasteiger partial charge in [-0.25, -0.2) is 0 Å². The summed E-state index contributed by atoms with van der Waals surface area (Å²) < 4.78 is 6.18. The maximum atomic E-state index is 13.2. The van der Waals surface area contributed by atoms with Gasteiger partial charge in [0.25, 0.3) is 0 Å². The minimum absolute atomic E-state index is 0.189. The zero-order valence-corrected chi connectivity index (χ0v) is 15.3. The zero-order valence-electron chi connectivity index (χ0n) is 15.3. The monoisotopic (exact) mass is 342 g/mol. The van der Waals surface area contributed by atoms with Crippen LogP contribution in [-0.2, 0) is 9.59 Å². The van der Waals surface area contributed by atoms with Gasteiger partial charge in [0.1, 0.15) is 11.7 Å². The lowest BCUT2D eigenvalue weighted by molar-refractivity contribution is -0.174. The normalized spacial score (nSPS) is 28.0. The molecule has 5 heteroatoms. The van der Waals surface area contributed by atoms with Gasteiger partial charge in [0, 0.05) is 24.4 Å². The van der Waals surface area contributed by atoms with Crippen LogP contribution >= 0.6 is 0 Å². The number of para-hydroxylation sites is 1. The number of hydrogen-bond donors (Lipinski definition) is 1. The van der Waals surface area contributed by atoms with E-state index >= 15 is 0 Å². The van der Waals surface area contributed by atoms with Gasteiger partial charge in [-0.05, 0) is 39.3 Å². The number of nitrogens with zero attached hydrogens (tertiary/aromatic N) is 1. The topological polar surface area (TPSA) is 58.6 Å². The van der Waals surface area contributed by atoms with E-state index in [1.54, 1.807) is 11.0 Å². The molecule has 2 bridgehead atoms. The van der Waals surface area contributed by atoms with Crippen molar-refractivity contribution in [2.75, 3.05) is 6.54 Å². The Morgan fingerprint density at radius 1 is 1.44 bits per heavy atom. The van der Waals surface area contributed by atoms with Crippen LogP contribution in [0.2, 0.25) is 0 Å². The van der Waals surface area contributed by atoms with Crippen LogP contribution in [0.15, 0.2) is 36.9 Å². The summed E-state index contributed by atoms with van der Waals surface area (Å²) in [5.41, 5.74) is -0.227. The second-order valence-corrected chi connectivity index (χ2v) is 8.08. The molecule has 1 aromatic carbocycles. The third kappa shape index (κ3) is 3.03. The van der Waals surface area contributed by atoms with Gasteiger partial charge >= 0.3 is 0 Å². The Morgan fingerprint density at radius 3 is 2.76 bits per heavy atom. The number of likely N-dealkylation sites (tertiary alicyclic amines) is 1. The molecular formula is C20H26N2O3. The van der Waals surface area contributed by atoms with Gasteiger partial charge in [-0.1, -0.05) is 24.3 Å². The third-order valence-corrected chi connectivity index (χ3v) is 4.84. The van der Waals surface area contributed by atoms with Gasteiger partial charge in [-0.15, -0.1) is 6.58 Å². The lowest BCUT2D eigenvalue weighted by atomic mass is 9.73. The van der Waals surface area contributed by atoms with E-state index in [1.165, 1.54) is 0 Å². The van der Waals surface area contributed by atoms with Gasteiger partial charge in [0.05, 0.1) is 0 Å². The number of carbonyl (C=O) groups is 2. The van der Waals surface area contributed by atoms with Crippen molar-refractivity contribution >= 4 is 11.8 Å². The highest BCUT2D eigenvalue weighted by atomic mass is 16.5. The van der Waals surface area contributed by atoms with E-state index in [-0.39, 0.29) is 17.7 Å². The van der Waals surface area contributed by atoms with E-state index in [4.69, 9.17) is 4.74 Å². The van der Waals surface area contributed by atoms with Crippen LogP contribution in [0.3, 0.4) is 0 Å². The maximum absolute atomic E-state index is 13.2. The van der Waals surface area contributed by atoms with Crippen LogP contribution in [0.25, 0.3) is 0 Å². The molecule has 3 rings (SSSR count).